The van der Waals surface area contributed by atoms with Gasteiger partial charge < -0.3 is 4.90 Å². The standard InChI is InChI=1S/C11H22N2/c1-4-11(3)10-13-8-6-12(5-2)7-9-13/h3-10H2,1-2H3. The van der Waals surface area contributed by atoms with E-state index >= 15 is 0 Å². The number of nitrogens with zero attached hydrogens (tertiary/aromatic N) is 2. The maximum Gasteiger partial charge on any atom is 0.0191 e. The van der Waals surface area contributed by atoms with Crippen molar-refractivity contribution in [2.45, 2.75) is 20.3 Å². The van der Waals surface area contributed by atoms with Crippen molar-refractivity contribution in [3.05, 3.63) is 12.2 Å². The van der Waals surface area contributed by atoms with Crippen molar-refractivity contribution < 1.29 is 0 Å². The lowest BCUT2D eigenvalue weighted by Crippen LogP contribution is -2.46. The Labute approximate surface area is 82.2 Å². The zero-order chi connectivity index (χ0) is 9.68. The molecule has 0 aromatic rings. The van der Waals surface area contributed by atoms with E-state index in [1.807, 2.05) is 0 Å². The minimum Gasteiger partial charge on any atom is -0.301 e. The first-order valence-electron chi connectivity index (χ1n) is 5.37. The summed E-state index contributed by atoms with van der Waals surface area (Å²) in [5.41, 5.74) is 1.37. The van der Waals surface area contributed by atoms with Crippen molar-refractivity contribution in [2.75, 3.05) is 39.3 Å². The van der Waals surface area contributed by atoms with Crippen LogP contribution in [0.2, 0.25) is 0 Å². The summed E-state index contributed by atoms with van der Waals surface area (Å²) in [5.74, 6) is 0. The second kappa shape index (κ2) is 5.40. The second-order valence-electron chi connectivity index (χ2n) is 3.81. The lowest BCUT2D eigenvalue weighted by Gasteiger charge is -2.34. The summed E-state index contributed by atoms with van der Waals surface area (Å²) in [6, 6.07) is 0. The van der Waals surface area contributed by atoms with Gasteiger partial charge in [-0.2, -0.15) is 0 Å². The summed E-state index contributed by atoms with van der Waals surface area (Å²) in [4.78, 5) is 5.02. The van der Waals surface area contributed by atoms with Gasteiger partial charge in [0.1, 0.15) is 0 Å². The largest absolute Gasteiger partial charge is 0.301 e. The molecule has 0 N–H and O–H groups in total. The van der Waals surface area contributed by atoms with Gasteiger partial charge in [0.05, 0.1) is 0 Å². The Morgan fingerprint density at radius 3 is 2.08 bits per heavy atom. The fraction of sp³-hybridized carbons (Fsp3) is 0.818. The molecule has 0 unspecified atom stereocenters. The third-order valence-electron chi connectivity index (χ3n) is 2.86. The Hall–Kier alpha value is -0.340. The Morgan fingerprint density at radius 2 is 1.62 bits per heavy atom. The van der Waals surface area contributed by atoms with Crippen molar-refractivity contribution >= 4 is 0 Å². The molecule has 1 aliphatic rings. The van der Waals surface area contributed by atoms with E-state index in [1.54, 1.807) is 0 Å². The van der Waals surface area contributed by atoms with E-state index in [0.29, 0.717) is 0 Å². The monoisotopic (exact) mass is 182 g/mol. The number of hydrogen-bond donors (Lipinski definition) is 0. The summed E-state index contributed by atoms with van der Waals surface area (Å²) in [6.45, 7) is 15.7. The first-order chi connectivity index (χ1) is 6.26. The minimum atomic E-state index is 1.11. The fourth-order valence-corrected chi connectivity index (χ4v) is 1.69. The molecular weight excluding hydrogens is 160 g/mol. The highest BCUT2D eigenvalue weighted by Gasteiger charge is 2.14. The molecule has 0 bridgehead atoms. The maximum absolute atomic E-state index is 4.05. The molecule has 0 spiro atoms. The third-order valence-corrected chi connectivity index (χ3v) is 2.86. The van der Waals surface area contributed by atoms with Gasteiger partial charge in [0, 0.05) is 32.7 Å². The summed E-state index contributed by atoms with van der Waals surface area (Å²) >= 11 is 0. The molecule has 0 amide bonds. The van der Waals surface area contributed by atoms with Gasteiger partial charge in [-0.05, 0) is 13.0 Å². The van der Waals surface area contributed by atoms with Crippen LogP contribution < -0.4 is 0 Å². The van der Waals surface area contributed by atoms with Gasteiger partial charge in [0.15, 0.2) is 0 Å². The molecule has 76 valence electrons. The molecule has 0 atom stereocenters. The topological polar surface area (TPSA) is 6.48 Å². The Balaban J connectivity index is 2.21. The highest BCUT2D eigenvalue weighted by atomic mass is 15.3. The number of piperazine rings is 1. The number of hydrogen-bond acceptors (Lipinski definition) is 2. The second-order valence-corrected chi connectivity index (χ2v) is 3.81. The predicted octanol–water partition coefficient (Wildman–Crippen LogP) is 1.59. The predicted molar refractivity (Wildman–Crippen MR) is 58.0 cm³/mol. The molecule has 0 aliphatic carbocycles. The Bertz CT molecular complexity index is 157. The fourth-order valence-electron chi connectivity index (χ4n) is 1.69. The van der Waals surface area contributed by atoms with E-state index in [2.05, 4.69) is 30.2 Å². The SMILES string of the molecule is C=C(CC)CN1CCN(CC)CC1. The van der Waals surface area contributed by atoms with Gasteiger partial charge in [0.25, 0.3) is 0 Å². The van der Waals surface area contributed by atoms with Crippen LogP contribution in [0.3, 0.4) is 0 Å². The summed E-state index contributed by atoms with van der Waals surface area (Å²) < 4.78 is 0. The van der Waals surface area contributed by atoms with Crippen LogP contribution in [0.1, 0.15) is 20.3 Å². The maximum atomic E-state index is 4.05. The number of likely N-dealkylation sites (N-methyl/N-ethyl adjacent to an activating group) is 1. The first kappa shape index (κ1) is 10.7. The van der Waals surface area contributed by atoms with Crippen molar-refractivity contribution in [1.29, 1.82) is 0 Å². The average molecular weight is 182 g/mol. The highest BCUT2D eigenvalue weighted by Crippen LogP contribution is 2.05. The summed E-state index contributed by atoms with van der Waals surface area (Å²) in [7, 11) is 0. The Kier molecular flexibility index (Phi) is 4.46. The highest BCUT2D eigenvalue weighted by molar-refractivity contribution is 4.96. The van der Waals surface area contributed by atoms with Gasteiger partial charge in [-0.15, -0.1) is 0 Å². The molecule has 1 fully saturated rings. The van der Waals surface area contributed by atoms with Gasteiger partial charge in [-0.3, -0.25) is 4.90 Å². The zero-order valence-electron chi connectivity index (χ0n) is 9.05. The van der Waals surface area contributed by atoms with E-state index < -0.39 is 0 Å². The third kappa shape index (κ3) is 3.49. The molecule has 1 aliphatic heterocycles. The molecule has 1 heterocycles. The van der Waals surface area contributed by atoms with Crippen molar-refractivity contribution in [2.24, 2.45) is 0 Å². The van der Waals surface area contributed by atoms with Gasteiger partial charge in [-0.25, -0.2) is 0 Å². The normalized spacial score (nSPS) is 20.5. The van der Waals surface area contributed by atoms with E-state index in [9.17, 15) is 0 Å². The molecule has 0 aromatic carbocycles. The minimum absolute atomic E-state index is 1.11. The van der Waals surface area contributed by atoms with Crippen LogP contribution in [0.25, 0.3) is 0 Å². The van der Waals surface area contributed by atoms with Crippen LogP contribution in [-0.4, -0.2) is 49.1 Å². The Morgan fingerprint density at radius 1 is 1.08 bits per heavy atom. The van der Waals surface area contributed by atoms with E-state index in [0.717, 1.165) is 13.0 Å². The van der Waals surface area contributed by atoms with Gasteiger partial charge in [0.2, 0.25) is 0 Å². The molecular formula is C11H22N2. The van der Waals surface area contributed by atoms with E-state index in [-0.39, 0.29) is 0 Å². The van der Waals surface area contributed by atoms with Crippen molar-refractivity contribution in [3.8, 4) is 0 Å². The molecule has 1 rings (SSSR count). The molecule has 13 heavy (non-hydrogen) atoms. The van der Waals surface area contributed by atoms with Crippen molar-refractivity contribution in [3.63, 3.8) is 0 Å². The van der Waals surface area contributed by atoms with Crippen LogP contribution in [-0.2, 0) is 0 Å². The zero-order valence-corrected chi connectivity index (χ0v) is 9.05. The van der Waals surface area contributed by atoms with E-state index in [1.165, 1.54) is 38.3 Å². The molecule has 0 aromatic heterocycles. The molecule has 1 saturated heterocycles. The number of rotatable bonds is 4. The molecule has 0 saturated carbocycles. The quantitative estimate of drug-likeness (QED) is 0.609. The smallest absolute Gasteiger partial charge is 0.0191 e. The van der Waals surface area contributed by atoms with Crippen LogP contribution in [0, 0.1) is 0 Å². The van der Waals surface area contributed by atoms with Crippen LogP contribution in [0.4, 0.5) is 0 Å². The lowest BCUT2D eigenvalue weighted by molar-refractivity contribution is 0.145. The van der Waals surface area contributed by atoms with Crippen LogP contribution in [0.15, 0.2) is 12.2 Å². The lowest BCUT2D eigenvalue weighted by atomic mass is 10.2. The van der Waals surface area contributed by atoms with Gasteiger partial charge in [-0.1, -0.05) is 26.0 Å². The van der Waals surface area contributed by atoms with Crippen LogP contribution >= 0.6 is 0 Å². The molecule has 2 nitrogen and oxygen atoms in total. The van der Waals surface area contributed by atoms with Crippen LogP contribution in [0.5, 0.6) is 0 Å². The molecule has 2 heteroatoms. The summed E-state index contributed by atoms with van der Waals surface area (Å²) in [5, 5.41) is 0. The van der Waals surface area contributed by atoms with Gasteiger partial charge >= 0.3 is 0 Å². The first-order valence-corrected chi connectivity index (χ1v) is 5.37. The molecule has 0 radical (unpaired) electrons. The average Bonchev–Trinajstić information content (AvgIpc) is 2.19. The summed E-state index contributed by atoms with van der Waals surface area (Å²) in [6.07, 6.45) is 1.12. The van der Waals surface area contributed by atoms with Crippen molar-refractivity contribution in [1.82, 2.24) is 9.80 Å². The van der Waals surface area contributed by atoms with E-state index in [4.69, 9.17) is 0 Å².